The van der Waals surface area contributed by atoms with Crippen LogP contribution in [0, 0.1) is 6.92 Å². The predicted molar refractivity (Wildman–Crippen MR) is 72.1 cm³/mol. The zero-order chi connectivity index (χ0) is 13.8. The number of hydrogen-bond acceptors (Lipinski definition) is 4. The molecule has 0 bridgehead atoms. The van der Waals surface area contributed by atoms with Gasteiger partial charge in [-0.1, -0.05) is 23.8 Å². The van der Waals surface area contributed by atoms with Crippen molar-refractivity contribution in [2.75, 3.05) is 7.11 Å². The molecule has 0 aliphatic rings. The third-order valence-corrected chi connectivity index (χ3v) is 3.04. The molecule has 1 atom stereocenters. The Hall–Kier alpha value is -1.88. The molecule has 1 unspecified atom stereocenters. The lowest BCUT2D eigenvalue weighted by Crippen LogP contribution is -2.11. The lowest BCUT2D eigenvalue weighted by atomic mass is 10.0. The van der Waals surface area contributed by atoms with Crippen molar-refractivity contribution in [2.45, 2.75) is 32.9 Å². The Bertz CT molecular complexity index is 551. The Morgan fingerprint density at radius 3 is 2.89 bits per heavy atom. The van der Waals surface area contributed by atoms with Crippen LogP contribution < -0.4 is 4.74 Å². The van der Waals surface area contributed by atoms with E-state index in [-0.39, 0.29) is 0 Å². The summed E-state index contributed by atoms with van der Waals surface area (Å²) >= 11 is 0. The van der Waals surface area contributed by atoms with Gasteiger partial charge >= 0.3 is 0 Å². The van der Waals surface area contributed by atoms with Crippen LogP contribution in [0.15, 0.2) is 24.4 Å². The highest BCUT2D eigenvalue weighted by Crippen LogP contribution is 2.30. The first-order valence-corrected chi connectivity index (χ1v) is 6.38. The van der Waals surface area contributed by atoms with Crippen molar-refractivity contribution in [3.63, 3.8) is 0 Å². The molecule has 1 N–H and O–H groups in total. The summed E-state index contributed by atoms with van der Waals surface area (Å²) in [4.78, 5) is 0. The maximum Gasteiger partial charge on any atom is 0.126 e. The number of hydrogen-bond donors (Lipinski definition) is 1. The van der Waals surface area contributed by atoms with Gasteiger partial charge < -0.3 is 9.84 Å². The van der Waals surface area contributed by atoms with E-state index in [1.165, 1.54) is 0 Å². The Balaban J connectivity index is 2.40. The highest BCUT2D eigenvalue weighted by Gasteiger charge is 2.20. The Morgan fingerprint density at radius 2 is 2.21 bits per heavy atom. The van der Waals surface area contributed by atoms with Crippen LogP contribution in [0.4, 0.5) is 0 Å². The summed E-state index contributed by atoms with van der Waals surface area (Å²) in [5.74, 6) is 0.669. The van der Waals surface area contributed by atoms with Crippen molar-refractivity contribution in [2.24, 2.45) is 0 Å². The molecule has 2 aromatic rings. The molecule has 5 nitrogen and oxygen atoms in total. The van der Waals surface area contributed by atoms with Gasteiger partial charge in [-0.2, -0.15) is 0 Å². The molecule has 19 heavy (non-hydrogen) atoms. The van der Waals surface area contributed by atoms with Crippen LogP contribution in [0.5, 0.6) is 5.75 Å². The number of aryl methyl sites for hydroxylation is 2. The molecule has 0 saturated heterocycles. The van der Waals surface area contributed by atoms with Crippen LogP contribution in [-0.2, 0) is 6.54 Å². The standard InChI is InChI=1S/C14H19N3O2/c1-4-7-17-12(9-15-16-17)14(18)11-8-10(2)5-6-13(11)19-3/h5-6,8-9,14,18H,4,7H2,1-3H3. The second-order valence-electron chi connectivity index (χ2n) is 4.53. The smallest absolute Gasteiger partial charge is 0.126 e. The molecule has 0 amide bonds. The Morgan fingerprint density at radius 1 is 1.42 bits per heavy atom. The summed E-state index contributed by atoms with van der Waals surface area (Å²) in [6.07, 6.45) is 1.76. The van der Waals surface area contributed by atoms with Gasteiger partial charge in [0.1, 0.15) is 11.9 Å². The van der Waals surface area contributed by atoms with Crippen molar-refractivity contribution in [3.05, 3.63) is 41.2 Å². The number of methoxy groups -OCH3 is 1. The summed E-state index contributed by atoms with van der Waals surface area (Å²) in [5, 5.41) is 18.4. The molecule has 1 heterocycles. The van der Waals surface area contributed by atoms with Crippen molar-refractivity contribution in [1.82, 2.24) is 15.0 Å². The SMILES string of the molecule is CCCn1nncc1C(O)c1cc(C)ccc1OC. The average molecular weight is 261 g/mol. The Kier molecular flexibility index (Phi) is 4.16. The van der Waals surface area contributed by atoms with Gasteiger partial charge in [-0.05, 0) is 25.5 Å². The van der Waals surface area contributed by atoms with Crippen LogP contribution in [0.2, 0.25) is 0 Å². The fourth-order valence-corrected chi connectivity index (χ4v) is 2.09. The first-order valence-electron chi connectivity index (χ1n) is 6.38. The number of rotatable bonds is 5. The molecular weight excluding hydrogens is 242 g/mol. The Labute approximate surface area is 112 Å². The van der Waals surface area contributed by atoms with Crippen molar-refractivity contribution in [3.8, 4) is 5.75 Å². The normalized spacial score (nSPS) is 12.4. The number of aliphatic hydroxyl groups excluding tert-OH is 1. The zero-order valence-corrected chi connectivity index (χ0v) is 11.5. The largest absolute Gasteiger partial charge is 0.496 e. The molecule has 102 valence electrons. The number of ether oxygens (including phenoxy) is 1. The molecule has 1 aromatic heterocycles. The van der Waals surface area contributed by atoms with E-state index in [4.69, 9.17) is 4.74 Å². The van der Waals surface area contributed by atoms with Gasteiger partial charge in [-0.3, -0.25) is 0 Å². The third kappa shape index (κ3) is 2.76. The quantitative estimate of drug-likeness (QED) is 0.895. The van der Waals surface area contributed by atoms with Crippen LogP contribution in [0.25, 0.3) is 0 Å². The second kappa shape index (κ2) is 5.84. The van der Waals surface area contributed by atoms with E-state index in [1.807, 2.05) is 25.1 Å². The fourth-order valence-electron chi connectivity index (χ4n) is 2.09. The van der Waals surface area contributed by atoms with Crippen molar-refractivity contribution >= 4 is 0 Å². The first-order chi connectivity index (χ1) is 9.17. The minimum absolute atomic E-state index is 0.669. The number of nitrogens with zero attached hydrogens (tertiary/aromatic N) is 3. The number of aromatic nitrogens is 3. The molecule has 0 saturated carbocycles. The molecule has 0 spiro atoms. The lowest BCUT2D eigenvalue weighted by molar-refractivity contribution is 0.202. The van der Waals surface area contributed by atoms with Crippen LogP contribution in [-0.4, -0.2) is 27.2 Å². The lowest BCUT2D eigenvalue weighted by Gasteiger charge is -2.16. The van der Waals surface area contributed by atoms with Gasteiger partial charge in [-0.25, -0.2) is 4.68 Å². The van der Waals surface area contributed by atoms with Crippen molar-refractivity contribution in [1.29, 1.82) is 0 Å². The zero-order valence-electron chi connectivity index (χ0n) is 11.5. The van der Waals surface area contributed by atoms with Crippen molar-refractivity contribution < 1.29 is 9.84 Å². The van der Waals surface area contributed by atoms with Gasteiger partial charge in [-0.15, -0.1) is 5.10 Å². The summed E-state index contributed by atoms with van der Waals surface area (Å²) in [7, 11) is 1.60. The molecule has 0 aliphatic heterocycles. The van der Waals surface area contributed by atoms with Gasteiger partial charge in [0.25, 0.3) is 0 Å². The number of benzene rings is 1. The predicted octanol–water partition coefficient (Wildman–Crippen LogP) is 2.09. The molecule has 0 fully saturated rings. The molecule has 0 aliphatic carbocycles. The van der Waals surface area contributed by atoms with E-state index in [9.17, 15) is 5.11 Å². The molecular formula is C14H19N3O2. The van der Waals surface area contributed by atoms with E-state index >= 15 is 0 Å². The van der Waals surface area contributed by atoms with E-state index in [0.29, 0.717) is 11.4 Å². The minimum atomic E-state index is -0.781. The monoisotopic (exact) mass is 261 g/mol. The minimum Gasteiger partial charge on any atom is -0.496 e. The van der Waals surface area contributed by atoms with E-state index in [1.54, 1.807) is 18.0 Å². The summed E-state index contributed by atoms with van der Waals surface area (Å²) < 4.78 is 7.04. The second-order valence-corrected chi connectivity index (χ2v) is 4.53. The van der Waals surface area contributed by atoms with Crippen LogP contribution >= 0.6 is 0 Å². The van der Waals surface area contributed by atoms with Gasteiger partial charge in [0.15, 0.2) is 0 Å². The topological polar surface area (TPSA) is 60.2 Å². The van der Waals surface area contributed by atoms with E-state index in [2.05, 4.69) is 17.2 Å². The number of aliphatic hydroxyl groups is 1. The highest BCUT2D eigenvalue weighted by atomic mass is 16.5. The molecule has 5 heteroatoms. The summed E-state index contributed by atoms with van der Waals surface area (Å²) in [6, 6.07) is 5.74. The summed E-state index contributed by atoms with van der Waals surface area (Å²) in [5.41, 5.74) is 2.50. The molecule has 0 radical (unpaired) electrons. The van der Waals surface area contributed by atoms with Crippen LogP contribution in [0.1, 0.15) is 36.3 Å². The average Bonchev–Trinajstić information content (AvgIpc) is 2.86. The van der Waals surface area contributed by atoms with E-state index < -0.39 is 6.10 Å². The van der Waals surface area contributed by atoms with E-state index in [0.717, 1.165) is 24.1 Å². The van der Waals surface area contributed by atoms with Gasteiger partial charge in [0.05, 0.1) is 19.0 Å². The fraction of sp³-hybridized carbons (Fsp3) is 0.429. The summed E-state index contributed by atoms with van der Waals surface area (Å²) in [6.45, 7) is 4.78. The maximum absolute atomic E-state index is 10.5. The van der Waals surface area contributed by atoms with Gasteiger partial charge in [0, 0.05) is 12.1 Å². The van der Waals surface area contributed by atoms with Gasteiger partial charge in [0.2, 0.25) is 0 Å². The highest BCUT2D eigenvalue weighted by molar-refractivity contribution is 5.41. The van der Waals surface area contributed by atoms with Crippen LogP contribution in [0.3, 0.4) is 0 Å². The third-order valence-electron chi connectivity index (χ3n) is 3.04. The molecule has 2 rings (SSSR count). The molecule has 1 aromatic carbocycles. The first kappa shape index (κ1) is 13.5. The maximum atomic E-state index is 10.5.